The molecular formula is C27H36N4O3. The van der Waals surface area contributed by atoms with Gasteiger partial charge < -0.3 is 20.3 Å². The zero-order valence-corrected chi connectivity index (χ0v) is 20.5. The molecule has 2 amide bonds. The number of morpholine rings is 1. The van der Waals surface area contributed by atoms with Crippen molar-refractivity contribution in [2.75, 3.05) is 56.7 Å². The third-order valence-electron chi connectivity index (χ3n) is 6.82. The van der Waals surface area contributed by atoms with Crippen LogP contribution < -0.4 is 15.5 Å². The summed E-state index contributed by atoms with van der Waals surface area (Å²) in [6.07, 6.45) is 2.21. The van der Waals surface area contributed by atoms with Crippen LogP contribution in [0.5, 0.6) is 0 Å². The molecule has 2 aromatic rings. The highest BCUT2D eigenvalue weighted by molar-refractivity contribution is 6.39. The van der Waals surface area contributed by atoms with Crippen LogP contribution in [0.3, 0.4) is 0 Å². The quantitative estimate of drug-likeness (QED) is 0.642. The number of nitrogens with one attached hydrogen (secondary N) is 2. The molecule has 2 aliphatic heterocycles. The maximum Gasteiger partial charge on any atom is 0.313 e. The number of benzene rings is 2. The molecule has 1 fully saturated rings. The third-order valence-corrected chi connectivity index (χ3v) is 6.82. The van der Waals surface area contributed by atoms with Crippen LogP contribution in [0.2, 0.25) is 0 Å². The molecule has 0 radical (unpaired) electrons. The lowest BCUT2D eigenvalue weighted by atomic mass is 9.95. The molecule has 1 atom stereocenters. The molecule has 2 N–H and O–H groups in total. The van der Waals surface area contributed by atoms with Crippen LogP contribution in [0, 0.1) is 0 Å². The first-order valence-corrected chi connectivity index (χ1v) is 12.3. The number of nitrogens with zero attached hydrogens (tertiary/aromatic N) is 2. The molecule has 0 bridgehead atoms. The van der Waals surface area contributed by atoms with Gasteiger partial charge in [0, 0.05) is 44.6 Å². The first-order chi connectivity index (χ1) is 16.4. The highest BCUT2D eigenvalue weighted by Crippen LogP contribution is 2.31. The fraction of sp³-hybridized carbons (Fsp3) is 0.481. The number of aryl methyl sites for hydroxylation is 1. The topological polar surface area (TPSA) is 73.9 Å². The average Bonchev–Trinajstić information content (AvgIpc) is 2.85. The van der Waals surface area contributed by atoms with E-state index in [1.807, 2.05) is 24.3 Å². The van der Waals surface area contributed by atoms with Gasteiger partial charge in [-0.05, 0) is 53.6 Å². The normalized spacial score (nSPS) is 17.2. The van der Waals surface area contributed by atoms with E-state index in [-0.39, 0.29) is 6.04 Å². The summed E-state index contributed by atoms with van der Waals surface area (Å²) >= 11 is 0. The molecule has 1 saturated heterocycles. The van der Waals surface area contributed by atoms with Crippen LogP contribution in [-0.2, 0) is 20.7 Å². The molecule has 0 aliphatic carbocycles. The van der Waals surface area contributed by atoms with E-state index in [0.29, 0.717) is 31.4 Å². The van der Waals surface area contributed by atoms with E-state index < -0.39 is 11.8 Å². The average molecular weight is 465 g/mol. The van der Waals surface area contributed by atoms with Gasteiger partial charge in [-0.25, -0.2) is 0 Å². The molecule has 0 unspecified atom stereocenters. The molecule has 4 rings (SSSR count). The minimum atomic E-state index is -0.648. The van der Waals surface area contributed by atoms with Crippen molar-refractivity contribution in [3.8, 4) is 0 Å². The second kappa shape index (κ2) is 11.0. The Bertz CT molecular complexity index is 999. The summed E-state index contributed by atoms with van der Waals surface area (Å²) in [5.74, 6) is -0.858. The summed E-state index contributed by atoms with van der Waals surface area (Å²) in [4.78, 5) is 29.8. The third kappa shape index (κ3) is 5.77. The van der Waals surface area contributed by atoms with Crippen molar-refractivity contribution >= 4 is 23.2 Å². The molecule has 2 heterocycles. The fourth-order valence-electron chi connectivity index (χ4n) is 4.77. The minimum absolute atomic E-state index is 0.0106. The number of fused-ring (bicyclic) bond motifs is 1. The summed E-state index contributed by atoms with van der Waals surface area (Å²) in [6, 6.07) is 14.2. The number of anilines is 2. The lowest BCUT2D eigenvalue weighted by Crippen LogP contribution is -2.45. The number of rotatable bonds is 6. The van der Waals surface area contributed by atoms with Crippen LogP contribution in [0.4, 0.5) is 11.4 Å². The van der Waals surface area contributed by atoms with Gasteiger partial charge in [0.1, 0.15) is 0 Å². The van der Waals surface area contributed by atoms with E-state index in [0.717, 1.165) is 32.5 Å². The van der Waals surface area contributed by atoms with E-state index in [2.05, 4.69) is 59.5 Å². The van der Waals surface area contributed by atoms with Crippen molar-refractivity contribution in [1.29, 1.82) is 0 Å². The molecule has 7 heteroatoms. The van der Waals surface area contributed by atoms with Gasteiger partial charge in [0.15, 0.2) is 0 Å². The Balaban J connectivity index is 1.43. The first kappa shape index (κ1) is 24.2. The van der Waals surface area contributed by atoms with Crippen molar-refractivity contribution in [3.63, 3.8) is 0 Å². The van der Waals surface area contributed by atoms with Gasteiger partial charge in [-0.3, -0.25) is 14.5 Å². The maximum atomic E-state index is 12.6. The zero-order chi connectivity index (χ0) is 24.1. The van der Waals surface area contributed by atoms with Gasteiger partial charge in [0.25, 0.3) is 0 Å². The first-order valence-electron chi connectivity index (χ1n) is 12.3. The highest BCUT2D eigenvalue weighted by atomic mass is 16.5. The molecule has 182 valence electrons. The van der Waals surface area contributed by atoms with E-state index in [9.17, 15) is 9.59 Å². The standard InChI is InChI=1S/C27H36N4O3/c1-19(2)20-6-9-23(10-7-20)29-27(33)26(32)28-18-25(31-13-15-34-16-14-31)22-8-11-24-21(17-22)5-4-12-30(24)3/h6-11,17,19,25H,4-5,12-16,18H2,1-3H3,(H,28,32)(H,29,33)/t25-/m0/s1. The smallest absolute Gasteiger partial charge is 0.313 e. The second-order valence-corrected chi connectivity index (χ2v) is 9.52. The van der Waals surface area contributed by atoms with Crippen molar-refractivity contribution in [1.82, 2.24) is 10.2 Å². The van der Waals surface area contributed by atoms with Crippen molar-refractivity contribution < 1.29 is 14.3 Å². The molecule has 34 heavy (non-hydrogen) atoms. The molecule has 2 aliphatic rings. The van der Waals surface area contributed by atoms with Crippen molar-refractivity contribution in [3.05, 3.63) is 59.2 Å². The largest absolute Gasteiger partial charge is 0.379 e. The Labute approximate surface area is 202 Å². The Morgan fingerprint density at radius 2 is 1.68 bits per heavy atom. The van der Waals surface area contributed by atoms with Gasteiger partial charge in [0.2, 0.25) is 0 Å². The van der Waals surface area contributed by atoms with Crippen LogP contribution in [0.1, 0.15) is 48.9 Å². The van der Waals surface area contributed by atoms with Crippen molar-refractivity contribution in [2.24, 2.45) is 0 Å². The number of ether oxygens (including phenoxy) is 1. The van der Waals surface area contributed by atoms with Gasteiger partial charge >= 0.3 is 11.8 Å². The van der Waals surface area contributed by atoms with Crippen molar-refractivity contribution in [2.45, 2.75) is 38.6 Å². The van der Waals surface area contributed by atoms with E-state index in [1.165, 1.54) is 22.4 Å². The molecular weight excluding hydrogens is 428 g/mol. The number of amides is 2. The van der Waals surface area contributed by atoms with Crippen LogP contribution in [-0.4, -0.2) is 63.2 Å². The Hall–Kier alpha value is -2.90. The van der Waals surface area contributed by atoms with Gasteiger partial charge in [-0.2, -0.15) is 0 Å². The monoisotopic (exact) mass is 464 g/mol. The lowest BCUT2D eigenvalue weighted by molar-refractivity contribution is -0.136. The van der Waals surface area contributed by atoms with E-state index in [1.54, 1.807) is 0 Å². The zero-order valence-electron chi connectivity index (χ0n) is 20.5. The SMILES string of the molecule is CC(C)c1ccc(NC(=O)C(=O)NC[C@@H](c2ccc3c(c2)CCCN3C)N2CCOCC2)cc1. The summed E-state index contributed by atoms with van der Waals surface area (Å²) < 4.78 is 5.54. The van der Waals surface area contributed by atoms with E-state index in [4.69, 9.17) is 4.74 Å². The predicted octanol–water partition coefficient (Wildman–Crippen LogP) is 3.32. The Kier molecular flexibility index (Phi) is 7.85. The lowest BCUT2D eigenvalue weighted by Gasteiger charge is -2.36. The Morgan fingerprint density at radius 1 is 0.971 bits per heavy atom. The minimum Gasteiger partial charge on any atom is -0.379 e. The molecule has 0 aromatic heterocycles. The summed E-state index contributed by atoms with van der Waals surface area (Å²) in [5, 5.41) is 5.58. The fourth-order valence-corrected chi connectivity index (χ4v) is 4.77. The second-order valence-electron chi connectivity index (χ2n) is 9.52. The summed E-state index contributed by atoms with van der Waals surface area (Å²) in [6.45, 7) is 8.62. The van der Waals surface area contributed by atoms with Gasteiger partial charge in [0.05, 0.1) is 19.3 Å². The summed E-state index contributed by atoms with van der Waals surface area (Å²) in [7, 11) is 2.13. The summed E-state index contributed by atoms with van der Waals surface area (Å²) in [5.41, 5.74) is 5.60. The highest BCUT2D eigenvalue weighted by Gasteiger charge is 2.26. The maximum absolute atomic E-state index is 12.6. The number of carbonyl (C=O) groups is 2. The number of hydrogen-bond donors (Lipinski definition) is 2. The number of hydrogen-bond acceptors (Lipinski definition) is 5. The van der Waals surface area contributed by atoms with Gasteiger partial charge in [-0.15, -0.1) is 0 Å². The van der Waals surface area contributed by atoms with Crippen LogP contribution >= 0.6 is 0 Å². The van der Waals surface area contributed by atoms with E-state index >= 15 is 0 Å². The molecule has 0 saturated carbocycles. The van der Waals surface area contributed by atoms with Gasteiger partial charge in [-0.1, -0.05) is 38.1 Å². The molecule has 0 spiro atoms. The predicted molar refractivity (Wildman–Crippen MR) is 135 cm³/mol. The number of carbonyl (C=O) groups excluding carboxylic acids is 2. The van der Waals surface area contributed by atoms with Crippen LogP contribution in [0.15, 0.2) is 42.5 Å². The molecule has 2 aromatic carbocycles. The van der Waals surface area contributed by atoms with Crippen LogP contribution in [0.25, 0.3) is 0 Å². The molecule has 7 nitrogen and oxygen atoms in total. The Morgan fingerprint density at radius 3 is 2.38 bits per heavy atom.